The lowest BCUT2D eigenvalue weighted by atomic mass is 9.85. The highest BCUT2D eigenvalue weighted by Crippen LogP contribution is 2.33. The number of carbonyl (C=O) groups excluding carboxylic acids is 1. The normalized spacial score (nSPS) is 18.9. The zero-order valence-corrected chi connectivity index (χ0v) is 26.4. The molecule has 3 atom stereocenters. The molecule has 1 fully saturated rings. The summed E-state index contributed by atoms with van der Waals surface area (Å²) in [6, 6.07) is 23.7. The number of aryl methyl sites for hydroxylation is 1. The average Bonchev–Trinajstić information content (AvgIpc) is 2.98. The Bertz CT molecular complexity index is 1310. The van der Waals surface area contributed by atoms with Crippen LogP contribution in [0, 0.1) is 6.92 Å². The van der Waals surface area contributed by atoms with E-state index >= 15 is 0 Å². The van der Waals surface area contributed by atoms with Crippen molar-refractivity contribution in [2.75, 3.05) is 33.4 Å². The molecule has 1 heterocycles. The minimum atomic E-state index is -0.859. The molecule has 0 amide bonds. The minimum Gasteiger partial charge on any atom is -0.496 e. The number of benzene rings is 3. The molecule has 1 aliphatic rings. The van der Waals surface area contributed by atoms with Crippen LogP contribution in [0.2, 0.25) is 0 Å². The van der Waals surface area contributed by atoms with Crippen LogP contribution in [0.5, 0.6) is 11.5 Å². The Morgan fingerprint density at radius 1 is 0.932 bits per heavy atom. The van der Waals surface area contributed by atoms with Crippen LogP contribution in [0.1, 0.15) is 55.4 Å². The van der Waals surface area contributed by atoms with Crippen molar-refractivity contribution in [1.82, 2.24) is 5.06 Å². The molecule has 3 unspecified atom stereocenters. The molecule has 0 saturated carbocycles. The molecule has 4 rings (SSSR count). The number of carbonyl (C=O) groups is 1. The Kier molecular flexibility index (Phi) is 12.0. The number of aliphatic hydroxyl groups is 1. The van der Waals surface area contributed by atoms with Gasteiger partial charge in [-0.3, -0.25) is 0 Å². The fraction of sp³-hybridized carbons (Fsp3) is 0.457. The topological polar surface area (TPSA) is 95.9 Å². The second-order valence-electron chi connectivity index (χ2n) is 12.0. The van der Waals surface area contributed by atoms with Gasteiger partial charge in [0.1, 0.15) is 17.1 Å². The molecular formula is C35H45NO8. The summed E-state index contributed by atoms with van der Waals surface area (Å²) in [6.07, 6.45) is -1.39. The molecule has 0 aromatic heterocycles. The monoisotopic (exact) mass is 607 g/mol. The van der Waals surface area contributed by atoms with E-state index < -0.39 is 24.0 Å². The maximum absolute atomic E-state index is 12.4. The molecule has 0 radical (unpaired) electrons. The molecular weight excluding hydrogens is 562 g/mol. The number of nitrogens with zero attached hydrogens (tertiary/aromatic N) is 1. The van der Waals surface area contributed by atoms with Crippen molar-refractivity contribution in [3.8, 4) is 11.5 Å². The Labute approximate surface area is 260 Å². The van der Waals surface area contributed by atoms with Gasteiger partial charge in [0.05, 0.1) is 58.8 Å². The van der Waals surface area contributed by atoms with E-state index in [0.717, 1.165) is 40.2 Å². The van der Waals surface area contributed by atoms with E-state index in [1.807, 2.05) is 79.7 Å². The molecule has 1 N–H and O–H groups in total. The van der Waals surface area contributed by atoms with Gasteiger partial charge < -0.3 is 33.6 Å². The second-order valence-corrected chi connectivity index (χ2v) is 12.0. The van der Waals surface area contributed by atoms with E-state index in [2.05, 4.69) is 0 Å². The third-order valence-electron chi connectivity index (χ3n) is 7.18. The van der Waals surface area contributed by atoms with E-state index in [-0.39, 0.29) is 19.0 Å². The number of hydroxylamine groups is 2. The molecule has 0 bridgehead atoms. The SMILES string of the molecule is COc1ccc(COC2CN(OC(=O)OC(C)(C)C)CC(O)C2c2ccc(OCCCOCc3ccccc3)cc2)cc1C. The summed E-state index contributed by atoms with van der Waals surface area (Å²) < 4.78 is 28.8. The van der Waals surface area contributed by atoms with Crippen molar-refractivity contribution in [2.24, 2.45) is 0 Å². The van der Waals surface area contributed by atoms with Gasteiger partial charge in [-0.1, -0.05) is 54.6 Å². The summed E-state index contributed by atoms with van der Waals surface area (Å²) >= 11 is 0. The Morgan fingerprint density at radius 3 is 2.36 bits per heavy atom. The summed E-state index contributed by atoms with van der Waals surface area (Å²) in [5.74, 6) is 1.19. The molecule has 9 heteroatoms. The Balaban J connectivity index is 1.37. The lowest BCUT2D eigenvalue weighted by Crippen LogP contribution is -2.52. The quantitative estimate of drug-likeness (QED) is 0.180. The average molecular weight is 608 g/mol. The molecule has 3 aromatic carbocycles. The first-order valence-electron chi connectivity index (χ1n) is 15.0. The van der Waals surface area contributed by atoms with Gasteiger partial charge in [0.25, 0.3) is 0 Å². The van der Waals surface area contributed by atoms with Gasteiger partial charge in [-0.15, -0.1) is 5.06 Å². The molecule has 9 nitrogen and oxygen atoms in total. The predicted octanol–water partition coefficient (Wildman–Crippen LogP) is 6.20. The van der Waals surface area contributed by atoms with Crippen molar-refractivity contribution in [3.63, 3.8) is 0 Å². The molecule has 1 saturated heterocycles. The van der Waals surface area contributed by atoms with Crippen molar-refractivity contribution in [1.29, 1.82) is 0 Å². The second kappa shape index (κ2) is 15.9. The van der Waals surface area contributed by atoms with Gasteiger partial charge >= 0.3 is 6.16 Å². The van der Waals surface area contributed by atoms with E-state index in [1.165, 1.54) is 5.06 Å². The summed E-state index contributed by atoms with van der Waals surface area (Å²) in [6.45, 7) is 9.70. The first-order valence-corrected chi connectivity index (χ1v) is 15.0. The number of hydrogen-bond donors (Lipinski definition) is 1. The molecule has 238 valence electrons. The summed E-state index contributed by atoms with van der Waals surface area (Å²) in [5.41, 5.74) is 3.33. The van der Waals surface area contributed by atoms with Gasteiger partial charge in [0, 0.05) is 12.3 Å². The van der Waals surface area contributed by atoms with Crippen LogP contribution >= 0.6 is 0 Å². The van der Waals surface area contributed by atoms with Crippen LogP contribution in [-0.2, 0) is 32.3 Å². The summed E-state index contributed by atoms with van der Waals surface area (Å²) in [4.78, 5) is 17.8. The van der Waals surface area contributed by atoms with Crippen LogP contribution in [0.3, 0.4) is 0 Å². The van der Waals surface area contributed by atoms with Crippen molar-refractivity contribution < 1.29 is 38.4 Å². The molecule has 44 heavy (non-hydrogen) atoms. The first kappa shape index (κ1) is 33.3. The largest absolute Gasteiger partial charge is 0.528 e. The van der Waals surface area contributed by atoms with Crippen LogP contribution in [0.4, 0.5) is 4.79 Å². The van der Waals surface area contributed by atoms with E-state index in [0.29, 0.717) is 26.4 Å². The minimum absolute atomic E-state index is 0.118. The highest BCUT2D eigenvalue weighted by atomic mass is 16.8. The number of hydrogen-bond acceptors (Lipinski definition) is 9. The van der Waals surface area contributed by atoms with E-state index in [4.69, 9.17) is 28.5 Å². The Morgan fingerprint density at radius 2 is 1.68 bits per heavy atom. The predicted molar refractivity (Wildman–Crippen MR) is 167 cm³/mol. The van der Waals surface area contributed by atoms with Crippen LogP contribution < -0.4 is 9.47 Å². The van der Waals surface area contributed by atoms with Gasteiger partial charge in [0.15, 0.2) is 0 Å². The standard InChI is InChI=1S/C35H45NO8/c1-25-20-27(12-17-31(25)39-5)24-42-32-22-36(44-34(38)43-35(2,3)4)21-30(37)33(32)28-13-15-29(16-14-28)41-19-9-18-40-23-26-10-7-6-8-11-26/h6-8,10-17,20,30,32-33,37H,9,18-19,21-24H2,1-5H3. The first-order chi connectivity index (χ1) is 21.1. The van der Waals surface area contributed by atoms with Crippen molar-refractivity contribution >= 4 is 6.16 Å². The lowest BCUT2D eigenvalue weighted by Gasteiger charge is -2.40. The molecule has 3 aromatic rings. The number of aliphatic hydroxyl groups excluding tert-OH is 1. The lowest BCUT2D eigenvalue weighted by molar-refractivity contribution is -0.201. The van der Waals surface area contributed by atoms with Crippen molar-refractivity contribution in [3.05, 3.63) is 95.1 Å². The van der Waals surface area contributed by atoms with Gasteiger partial charge in [-0.2, -0.15) is 0 Å². The number of rotatable bonds is 13. The summed E-state index contributed by atoms with van der Waals surface area (Å²) in [7, 11) is 1.64. The molecule has 1 aliphatic heterocycles. The zero-order valence-electron chi connectivity index (χ0n) is 26.4. The zero-order chi connectivity index (χ0) is 31.5. The third-order valence-corrected chi connectivity index (χ3v) is 7.18. The number of ether oxygens (including phenoxy) is 5. The van der Waals surface area contributed by atoms with Gasteiger partial charge in [-0.25, -0.2) is 4.79 Å². The number of piperidine rings is 1. The molecule has 0 aliphatic carbocycles. The van der Waals surface area contributed by atoms with Crippen LogP contribution in [-0.4, -0.2) is 67.5 Å². The highest BCUT2D eigenvalue weighted by molar-refractivity contribution is 5.60. The van der Waals surface area contributed by atoms with E-state index in [9.17, 15) is 9.90 Å². The highest BCUT2D eigenvalue weighted by Gasteiger charge is 2.40. The maximum Gasteiger partial charge on any atom is 0.528 e. The molecule has 0 spiro atoms. The Hall–Kier alpha value is -3.63. The maximum atomic E-state index is 12.4. The third kappa shape index (κ3) is 10.2. The van der Waals surface area contributed by atoms with Gasteiger partial charge in [-0.05, 0) is 68.1 Å². The van der Waals surface area contributed by atoms with Crippen LogP contribution in [0.15, 0.2) is 72.8 Å². The number of β-amino-alcohol motifs (C(OH)–C–C–N with tert-alkyl or cyclic N) is 1. The van der Waals surface area contributed by atoms with E-state index in [1.54, 1.807) is 27.9 Å². The van der Waals surface area contributed by atoms with Crippen LogP contribution in [0.25, 0.3) is 0 Å². The fourth-order valence-corrected chi connectivity index (χ4v) is 5.14. The van der Waals surface area contributed by atoms with Gasteiger partial charge in [0.2, 0.25) is 0 Å². The number of methoxy groups -OCH3 is 1. The fourth-order valence-electron chi connectivity index (χ4n) is 5.14. The summed E-state index contributed by atoms with van der Waals surface area (Å²) in [5, 5.41) is 12.7. The van der Waals surface area contributed by atoms with Crippen molar-refractivity contribution in [2.45, 2.75) is 71.1 Å². The smallest absolute Gasteiger partial charge is 0.496 e.